The van der Waals surface area contributed by atoms with Crippen molar-refractivity contribution < 1.29 is 9.47 Å². The van der Waals surface area contributed by atoms with Gasteiger partial charge >= 0.3 is 0 Å². The van der Waals surface area contributed by atoms with Gasteiger partial charge in [-0.3, -0.25) is 0 Å². The Labute approximate surface area is 96.5 Å². The number of methoxy groups -OCH3 is 2. The third-order valence-corrected chi connectivity index (χ3v) is 3.40. The van der Waals surface area contributed by atoms with Crippen molar-refractivity contribution in [3.05, 3.63) is 29.8 Å². The van der Waals surface area contributed by atoms with Crippen molar-refractivity contribution in [1.29, 1.82) is 0 Å². The van der Waals surface area contributed by atoms with Gasteiger partial charge in [0.25, 0.3) is 0 Å². The number of benzene rings is 1. The second kappa shape index (κ2) is 4.44. The molecular formula is C13H19NO2. The van der Waals surface area contributed by atoms with E-state index in [0.29, 0.717) is 12.6 Å². The van der Waals surface area contributed by atoms with Gasteiger partial charge in [-0.1, -0.05) is 18.2 Å². The standard InChI is InChI=1S/C13H19NO2/c1-15-9-13(7-10(14)8-13)11-5-3-4-6-12(11)16-2/h3-6,10H,7-9,14H2,1-2H3. The summed E-state index contributed by atoms with van der Waals surface area (Å²) in [6.07, 6.45) is 1.95. The third-order valence-electron chi connectivity index (χ3n) is 3.40. The lowest BCUT2D eigenvalue weighted by molar-refractivity contribution is 0.0644. The summed E-state index contributed by atoms with van der Waals surface area (Å²) in [6, 6.07) is 8.43. The molecule has 2 N–H and O–H groups in total. The molecule has 2 rings (SSSR count). The first-order chi connectivity index (χ1) is 7.72. The molecule has 88 valence electrons. The normalized spacial score (nSPS) is 28.6. The number of nitrogens with two attached hydrogens (primary N) is 1. The monoisotopic (exact) mass is 221 g/mol. The van der Waals surface area contributed by atoms with Crippen molar-refractivity contribution in [2.75, 3.05) is 20.8 Å². The maximum atomic E-state index is 5.92. The zero-order chi connectivity index (χ0) is 11.6. The summed E-state index contributed by atoms with van der Waals surface area (Å²) in [6.45, 7) is 0.709. The van der Waals surface area contributed by atoms with Crippen LogP contribution in [-0.2, 0) is 10.2 Å². The Hall–Kier alpha value is -1.06. The van der Waals surface area contributed by atoms with E-state index in [9.17, 15) is 0 Å². The molecule has 0 radical (unpaired) electrons. The van der Waals surface area contributed by atoms with E-state index in [1.54, 1.807) is 14.2 Å². The van der Waals surface area contributed by atoms with Gasteiger partial charge in [-0.05, 0) is 18.9 Å². The molecule has 1 fully saturated rings. The first kappa shape index (κ1) is 11.4. The zero-order valence-electron chi connectivity index (χ0n) is 9.90. The lowest BCUT2D eigenvalue weighted by atomic mass is 9.62. The Balaban J connectivity index is 2.32. The lowest BCUT2D eigenvalue weighted by Crippen LogP contribution is -2.52. The molecular weight excluding hydrogens is 202 g/mol. The van der Waals surface area contributed by atoms with Crippen molar-refractivity contribution in [1.82, 2.24) is 0 Å². The molecule has 3 nitrogen and oxygen atoms in total. The maximum Gasteiger partial charge on any atom is 0.122 e. The van der Waals surface area contributed by atoms with Crippen LogP contribution in [0, 0.1) is 0 Å². The van der Waals surface area contributed by atoms with E-state index in [0.717, 1.165) is 18.6 Å². The molecule has 0 spiro atoms. The van der Waals surface area contributed by atoms with E-state index in [1.807, 2.05) is 18.2 Å². The highest BCUT2D eigenvalue weighted by atomic mass is 16.5. The van der Waals surface area contributed by atoms with Crippen LogP contribution in [0.4, 0.5) is 0 Å². The first-order valence-corrected chi connectivity index (χ1v) is 5.60. The van der Waals surface area contributed by atoms with Crippen LogP contribution in [-0.4, -0.2) is 26.9 Å². The third kappa shape index (κ3) is 1.81. The van der Waals surface area contributed by atoms with Gasteiger partial charge in [0, 0.05) is 24.1 Å². The average molecular weight is 221 g/mol. The molecule has 1 aliphatic carbocycles. The van der Waals surface area contributed by atoms with Crippen LogP contribution < -0.4 is 10.5 Å². The number of hydrogen-bond acceptors (Lipinski definition) is 3. The molecule has 1 saturated carbocycles. The van der Waals surface area contributed by atoms with E-state index in [-0.39, 0.29) is 5.41 Å². The van der Waals surface area contributed by atoms with Crippen LogP contribution in [0.25, 0.3) is 0 Å². The van der Waals surface area contributed by atoms with Crippen LogP contribution in [0.2, 0.25) is 0 Å². The molecule has 1 aliphatic rings. The van der Waals surface area contributed by atoms with Gasteiger partial charge in [-0.15, -0.1) is 0 Å². The van der Waals surface area contributed by atoms with Gasteiger partial charge in [-0.2, -0.15) is 0 Å². The summed E-state index contributed by atoms with van der Waals surface area (Å²) in [5.74, 6) is 0.937. The van der Waals surface area contributed by atoms with Gasteiger partial charge in [0.15, 0.2) is 0 Å². The zero-order valence-corrected chi connectivity index (χ0v) is 9.90. The molecule has 0 saturated heterocycles. The summed E-state index contributed by atoms with van der Waals surface area (Å²) in [5, 5.41) is 0. The highest BCUT2D eigenvalue weighted by Crippen LogP contribution is 2.46. The second-order valence-electron chi connectivity index (χ2n) is 4.58. The fraction of sp³-hybridized carbons (Fsp3) is 0.538. The highest BCUT2D eigenvalue weighted by Gasteiger charge is 2.45. The van der Waals surface area contributed by atoms with Crippen LogP contribution in [0.3, 0.4) is 0 Å². The number of ether oxygens (including phenoxy) is 2. The fourth-order valence-electron chi connectivity index (χ4n) is 2.72. The Bertz CT molecular complexity index is 353. The smallest absolute Gasteiger partial charge is 0.122 e. The molecule has 16 heavy (non-hydrogen) atoms. The summed E-state index contributed by atoms with van der Waals surface area (Å²) in [7, 11) is 3.44. The Morgan fingerprint density at radius 1 is 1.31 bits per heavy atom. The van der Waals surface area contributed by atoms with E-state index >= 15 is 0 Å². The second-order valence-corrected chi connectivity index (χ2v) is 4.58. The van der Waals surface area contributed by atoms with Crippen LogP contribution in [0.15, 0.2) is 24.3 Å². The molecule has 0 aromatic heterocycles. The van der Waals surface area contributed by atoms with Gasteiger partial charge in [-0.25, -0.2) is 0 Å². The number of hydrogen-bond donors (Lipinski definition) is 1. The Morgan fingerprint density at radius 2 is 2.00 bits per heavy atom. The first-order valence-electron chi connectivity index (χ1n) is 5.60. The Morgan fingerprint density at radius 3 is 2.56 bits per heavy atom. The van der Waals surface area contributed by atoms with E-state index in [4.69, 9.17) is 15.2 Å². The average Bonchev–Trinajstić information content (AvgIpc) is 2.27. The van der Waals surface area contributed by atoms with Crippen LogP contribution >= 0.6 is 0 Å². The van der Waals surface area contributed by atoms with Gasteiger partial charge < -0.3 is 15.2 Å². The minimum Gasteiger partial charge on any atom is -0.496 e. The molecule has 1 aromatic carbocycles. The predicted octanol–water partition coefficient (Wildman–Crippen LogP) is 1.70. The molecule has 0 heterocycles. The van der Waals surface area contributed by atoms with Crippen LogP contribution in [0.1, 0.15) is 18.4 Å². The largest absolute Gasteiger partial charge is 0.496 e. The molecule has 1 aromatic rings. The van der Waals surface area contributed by atoms with Crippen molar-refractivity contribution in [2.24, 2.45) is 5.73 Å². The SMILES string of the molecule is COCC1(c2ccccc2OC)CC(N)C1. The van der Waals surface area contributed by atoms with Crippen molar-refractivity contribution in [3.8, 4) is 5.75 Å². The lowest BCUT2D eigenvalue weighted by Gasteiger charge is -2.46. The van der Waals surface area contributed by atoms with Gasteiger partial charge in [0.2, 0.25) is 0 Å². The van der Waals surface area contributed by atoms with Gasteiger partial charge in [0.1, 0.15) is 5.75 Å². The van der Waals surface area contributed by atoms with Crippen molar-refractivity contribution >= 4 is 0 Å². The Kier molecular flexibility index (Phi) is 3.17. The fourth-order valence-corrected chi connectivity index (χ4v) is 2.72. The molecule has 0 aliphatic heterocycles. The molecule has 3 heteroatoms. The van der Waals surface area contributed by atoms with Crippen LogP contribution in [0.5, 0.6) is 5.75 Å². The summed E-state index contributed by atoms with van der Waals surface area (Å²) in [5.41, 5.74) is 7.20. The van der Waals surface area contributed by atoms with E-state index < -0.39 is 0 Å². The quantitative estimate of drug-likeness (QED) is 0.841. The molecule has 0 unspecified atom stereocenters. The minimum atomic E-state index is 0.0563. The topological polar surface area (TPSA) is 44.5 Å². The number of rotatable bonds is 4. The maximum absolute atomic E-state index is 5.92. The predicted molar refractivity (Wildman–Crippen MR) is 63.8 cm³/mol. The van der Waals surface area contributed by atoms with Crippen molar-refractivity contribution in [2.45, 2.75) is 24.3 Å². The molecule has 0 bridgehead atoms. The summed E-state index contributed by atoms with van der Waals surface area (Å²) < 4.78 is 10.8. The van der Waals surface area contributed by atoms with E-state index in [2.05, 4.69) is 6.07 Å². The molecule has 0 atom stereocenters. The summed E-state index contributed by atoms with van der Waals surface area (Å²) in [4.78, 5) is 0. The van der Waals surface area contributed by atoms with E-state index in [1.165, 1.54) is 5.56 Å². The minimum absolute atomic E-state index is 0.0563. The highest BCUT2D eigenvalue weighted by molar-refractivity contribution is 5.42. The van der Waals surface area contributed by atoms with Crippen molar-refractivity contribution in [3.63, 3.8) is 0 Å². The summed E-state index contributed by atoms with van der Waals surface area (Å²) >= 11 is 0. The number of para-hydroxylation sites is 1. The molecule has 0 amide bonds. The van der Waals surface area contributed by atoms with Gasteiger partial charge in [0.05, 0.1) is 13.7 Å².